The van der Waals surface area contributed by atoms with E-state index in [4.69, 9.17) is 0 Å². The molecule has 23 heavy (non-hydrogen) atoms. The summed E-state index contributed by atoms with van der Waals surface area (Å²) in [6.45, 7) is 0.708. The van der Waals surface area contributed by atoms with E-state index in [2.05, 4.69) is 5.32 Å². The second-order valence-corrected chi connectivity index (χ2v) is 5.55. The summed E-state index contributed by atoms with van der Waals surface area (Å²) >= 11 is 0. The van der Waals surface area contributed by atoms with Crippen molar-refractivity contribution >= 4 is 23.2 Å². The van der Waals surface area contributed by atoms with E-state index < -0.39 is 0 Å². The lowest BCUT2D eigenvalue weighted by Gasteiger charge is -2.16. The number of rotatable bonds is 4. The molecule has 2 aromatic carbocycles. The fourth-order valence-electron chi connectivity index (χ4n) is 2.71. The molecule has 0 saturated carbocycles. The minimum absolute atomic E-state index is 0.102. The van der Waals surface area contributed by atoms with Crippen LogP contribution in [-0.2, 0) is 16.0 Å². The first kappa shape index (κ1) is 15.2. The quantitative estimate of drug-likeness (QED) is 0.943. The Balaban J connectivity index is 1.68. The van der Waals surface area contributed by atoms with E-state index in [1.165, 1.54) is 12.1 Å². The highest BCUT2D eigenvalue weighted by Gasteiger charge is 2.21. The van der Waals surface area contributed by atoms with Crippen LogP contribution in [0.1, 0.15) is 18.4 Å². The first-order valence-electron chi connectivity index (χ1n) is 7.56. The Morgan fingerprint density at radius 3 is 2.74 bits per heavy atom. The number of carbonyl (C=O) groups excluding carboxylic acids is 2. The van der Waals surface area contributed by atoms with Gasteiger partial charge in [0.25, 0.3) is 0 Å². The second-order valence-electron chi connectivity index (χ2n) is 5.55. The minimum atomic E-state index is -0.357. The first-order chi connectivity index (χ1) is 11.1. The molecule has 0 atom stereocenters. The van der Waals surface area contributed by atoms with E-state index in [1.807, 2.05) is 6.07 Å². The lowest BCUT2D eigenvalue weighted by molar-refractivity contribution is -0.117. The van der Waals surface area contributed by atoms with Crippen LogP contribution in [0, 0.1) is 5.82 Å². The molecule has 0 bridgehead atoms. The number of amides is 2. The maximum absolute atomic E-state index is 13.1. The SMILES string of the molecule is O=C(Cc1cccc(F)c1)Nc1cccc(N2CCCC2=O)c1. The largest absolute Gasteiger partial charge is 0.326 e. The highest BCUT2D eigenvalue weighted by molar-refractivity contribution is 5.97. The smallest absolute Gasteiger partial charge is 0.228 e. The van der Waals surface area contributed by atoms with Crippen molar-refractivity contribution in [2.24, 2.45) is 0 Å². The molecule has 0 aliphatic carbocycles. The van der Waals surface area contributed by atoms with Crippen molar-refractivity contribution in [2.45, 2.75) is 19.3 Å². The number of benzene rings is 2. The lowest BCUT2D eigenvalue weighted by Crippen LogP contribution is -2.23. The molecule has 2 amide bonds. The number of hydrogen-bond donors (Lipinski definition) is 1. The van der Waals surface area contributed by atoms with Gasteiger partial charge in [-0.15, -0.1) is 0 Å². The fourth-order valence-corrected chi connectivity index (χ4v) is 2.71. The lowest BCUT2D eigenvalue weighted by atomic mass is 10.1. The average Bonchev–Trinajstić information content (AvgIpc) is 2.93. The minimum Gasteiger partial charge on any atom is -0.326 e. The van der Waals surface area contributed by atoms with Crippen LogP contribution in [0.15, 0.2) is 48.5 Å². The predicted molar refractivity (Wildman–Crippen MR) is 86.8 cm³/mol. The van der Waals surface area contributed by atoms with Gasteiger partial charge in [0, 0.05) is 24.3 Å². The van der Waals surface area contributed by atoms with Gasteiger partial charge in [-0.2, -0.15) is 0 Å². The summed E-state index contributed by atoms with van der Waals surface area (Å²) in [6, 6.07) is 13.2. The third-order valence-corrected chi connectivity index (χ3v) is 3.77. The monoisotopic (exact) mass is 312 g/mol. The van der Waals surface area contributed by atoms with E-state index >= 15 is 0 Å². The second kappa shape index (κ2) is 6.60. The zero-order chi connectivity index (χ0) is 16.2. The highest BCUT2D eigenvalue weighted by Crippen LogP contribution is 2.24. The van der Waals surface area contributed by atoms with E-state index in [0.717, 1.165) is 12.1 Å². The van der Waals surface area contributed by atoms with Crippen molar-refractivity contribution < 1.29 is 14.0 Å². The van der Waals surface area contributed by atoms with E-state index in [1.54, 1.807) is 35.2 Å². The summed E-state index contributed by atoms with van der Waals surface area (Å²) in [5.41, 5.74) is 2.04. The molecule has 1 aliphatic heterocycles. The van der Waals surface area contributed by atoms with Crippen LogP contribution in [0.5, 0.6) is 0 Å². The number of nitrogens with zero attached hydrogens (tertiary/aromatic N) is 1. The van der Waals surface area contributed by atoms with Gasteiger partial charge < -0.3 is 10.2 Å². The summed E-state index contributed by atoms with van der Waals surface area (Å²) in [6.07, 6.45) is 1.52. The predicted octanol–water partition coefficient (Wildman–Crippen LogP) is 3.13. The molecule has 0 spiro atoms. The van der Waals surface area contributed by atoms with Gasteiger partial charge in [0.15, 0.2) is 0 Å². The molecule has 1 N–H and O–H groups in total. The van der Waals surface area contributed by atoms with E-state index in [-0.39, 0.29) is 24.1 Å². The van der Waals surface area contributed by atoms with Gasteiger partial charge in [0.1, 0.15) is 5.82 Å². The molecule has 1 heterocycles. The zero-order valence-corrected chi connectivity index (χ0v) is 12.6. The number of hydrogen-bond acceptors (Lipinski definition) is 2. The maximum Gasteiger partial charge on any atom is 0.228 e. The molecule has 1 fully saturated rings. The van der Waals surface area contributed by atoms with Crippen molar-refractivity contribution in [3.8, 4) is 0 Å². The van der Waals surface area contributed by atoms with Crippen LogP contribution in [-0.4, -0.2) is 18.4 Å². The molecule has 4 nitrogen and oxygen atoms in total. The van der Waals surface area contributed by atoms with E-state index in [9.17, 15) is 14.0 Å². The standard InChI is InChI=1S/C18H17FN2O2/c19-14-5-1-4-13(10-14)11-17(22)20-15-6-2-7-16(12-15)21-9-3-8-18(21)23/h1-2,4-7,10,12H,3,8-9,11H2,(H,20,22). The zero-order valence-electron chi connectivity index (χ0n) is 12.6. The molecular weight excluding hydrogens is 295 g/mol. The normalized spacial score (nSPS) is 14.1. The molecule has 0 unspecified atom stereocenters. The molecule has 0 radical (unpaired) electrons. The van der Waals surface area contributed by atoms with Crippen LogP contribution < -0.4 is 10.2 Å². The van der Waals surface area contributed by atoms with Gasteiger partial charge >= 0.3 is 0 Å². The summed E-state index contributed by atoms with van der Waals surface area (Å²) in [7, 11) is 0. The molecular formula is C18H17FN2O2. The van der Waals surface area contributed by atoms with Crippen molar-refractivity contribution in [1.29, 1.82) is 0 Å². The van der Waals surface area contributed by atoms with Gasteiger partial charge in [-0.3, -0.25) is 9.59 Å². The third-order valence-electron chi connectivity index (χ3n) is 3.77. The number of anilines is 2. The molecule has 3 rings (SSSR count). The summed E-state index contributed by atoms with van der Waals surface area (Å²) in [4.78, 5) is 25.6. The Labute approximate surface area is 133 Å². The molecule has 2 aromatic rings. The number of carbonyl (C=O) groups is 2. The Morgan fingerprint density at radius 1 is 1.17 bits per heavy atom. The van der Waals surface area contributed by atoms with Gasteiger partial charge in [0.2, 0.25) is 11.8 Å². The van der Waals surface area contributed by atoms with Crippen LogP contribution in [0.25, 0.3) is 0 Å². The van der Waals surface area contributed by atoms with Crippen molar-refractivity contribution in [3.63, 3.8) is 0 Å². The Hall–Kier alpha value is -2.69. The third kappa shape index (κ3) is 3.74. The topological polar surface area (TPSA) is 49.4 Å². The molecule has 1 aliphatic rings. The fraction of sp³-hybridized carbons (Fsp3) is 0.222. The Bertz CT molecular complexity index is 745. The van der Waals surface area contributed by atoms with Gasteiger partial charge in [-0.25, -0.2) is 4.39 Å². The summed E-state index contributed by atoms with van der Waals surface area (Å²) in [5, 5.41) is 2.79. The van der Waals surface area contributed by atoms with Gasteiger partial charge in [0.05, 0.1) is 6.42 Å². The summed E-state index contributed by atoms with van der Waals surface area (Å²) in [5.74, 6) is -0.474. The Morgan fingerprint density at radius 2 is 2.00 bits per heavy atom. The van der Waals surface area contributed by atoms with Crippen LogP contribution in [0.2, 0.25) is 0 Å². The molecule has 5 heteroatoms. The van der Waals surface area contributed by atoms with Crippen LogP contribution in [0.4, 0.5) is 15.8 Å². The van der Waals surface area contributed by atoms with Crippen LogP contribution in [0.3, 0.4) is 0 Å². The first-order valence-corrected chi connectivity index (χ1v) is 7.56. The van der Waals surface area contributed by atoms with Gasteiger partial charge in [-0.1, -0.05) is 18.2 Å². The van der Waals surface area contributed by atoms with E-state index in [0.29, 0.717) is 24.2 Å². The Kier molecular flexibility index (Phi) is 4.37. The molecule has 0 aromatic heterocycles. The van der Waals surface area contributed by atoms with Crippen molar-refractivity contribution in [2.75, 3.05) is 16.8 Å². The summed E-state index contributed by atoms with van der Waals surface area (Å²) < 4.78 is 13.1. The number of halogens is 1. The average molecular weight is 312 g/mol. The number of nitrogens with one attached hydrogen (secondary N) is 1. The van der Waals surface area contributed by atoms with Crippen LogP contribution >= 0.6 is 0 Å². The molecule has 1 saturated heterocycles. The highest BCUT2D eigenvalue weighted by atomic mass is 19.1. The molecule has 118 valence electrons. The van der Waals surface area contributed by atoms with Crippen molar-refractivity contribution in [1.82, 2.24) is 0 Å². The maximum atomic E-state index is 13.1. The van der Waals surface area contributed by atoms with Gasteiger partial charge in [-0.05, 0) is 42.3 Å². The van der Waals surface area contributed by atoms with Crippen molar-refractivity contribution in [3.05, 3.63) is 59.9 Å².